The number of ketones is 1. The van der Waals surface area contributed by atoms with Crippen LogP contribution in [0.1, 0.15) is 25.8 Å². The van der Waals surface area contributed by atoms with E-state index in [1.165, 1.54) is 12.1 Å². The summed E-state index contributed by atoms with van der Waals surface area (Å²) in [5.74, 6) is 0.151. The van der Waals surface area contributed by atoms with Gasteiger partial charge in [0.05, 0.1) is 5.88 Å². The number of rotatable bonds is 2. The number of ether oxygens (including phenoxy) is 1. The molecule has 1 atom stereocenters. The first-order valence-corrected chi connectivity index (χ1v) is 6.28. The maximum Gasteiger partial charge on any atom is 0.187 e. The molecule has 0 aliphatic carbocycles. The van der Waals surface area contributed by atoms with Gasteiger partial charge in [0.25, 0.3) is 0 Å². The van der Waals surface area contributed by atoms with Gasteiger partial charge in [0.15, 0.2) is 11.9 Å². The van der Waals surface area contributed by atoms with Gasteiger partial charge in [0, 0.05) is 0 Å². The minimum Gasteiger partial charge on any atom is -0.482 e. The highest BCUT2D eigenvalue weighted by molar-refractivity contribution is 6.28. The largest absolute Gasteiger partial charge is 0.482 e. The Bertz CT molecular complexity index is 393. The summed E-state index contributed by atoms with van der Waals surface area (Å²) in [6, 6.07) is 4.32. The van der Waals surface area contributed by atoms with E-state index in [4.69, 9.17) is 16.3 Å². The van der Waals surface area contributed by atoms with Crippen LogP contribution in [0.25, 0.3) is 0 Å². The molecule has 0 fully saturated rings. The monoisotopic (exact) mass is 258 g/mol. The Balaban J connectivity index is 0.000000686. The Hall–Kier alpha value is -1.09. The smallest absolute Gasteiger partial charge is 0.187 e. The van der Waals surface area contributed by atoms with Crippen molar-refractivity contribution in [1.29, 1.82) is 0 Å². The van der Waals surface area contributed by atoms with Crippen LogP contribution in [0.5, 0.6) is 5.75 Å². The Morgan fingerprint density at radius 2 is 2.24 bits per heavy atom. The molecule has 2 nitrogen and oxygen atoms in total. The van der Waals surface area contributed by atoms with Gasteiger partial charge in [0.1, 0.15) is 11.6 Å². The van der Waals surface area contributed by atoms with Crippen molar-refractivity contribution in [2.45, 2.75) is 32.8 Å². The first-order valence-electron chi connectivity index (χ1n) is 5.74. The second kappa shape index (κ2) is 6.60. The second-order valence-electron chi connectivity index (χ2n) is 3.50. The molecule has 17 heavy (non-hydrogen) atoms. The van der Waals surface area contributed by atoms with Crippen molar-refractivity contribution in [3.05, 3.63) is 29.6 Å². The van der Waals surface area contributed by atoms with E-state index in [1.54, 1.807) is 6.07 Å². The summed E-state index contributed by atoms with van der Waals surface area (Å²) in [4.78, 5) is 11.3. The number of carbonyl (C=O) groups is 1. The van der Waals surface area contributed by atoms with Crippen LogP contribution in [0.3, 0.4) is 0 Å². The molecule has 0 saturated carbocycles. The number of aryl methyl sites for hydroxylation is 1. The summed E-state index contributed by atoms with van der Waals surface area (Å²) in [7, 11) is 0. The normalized spacial score (nSPS) is 17.3. The summed E-state index contributed by atoms with van der Waals surface area (Å²) in [6.45, 7) is 4.00. The molecule has 0 saturated heterocycles. The quantitative estimate of drug-likeness (QED) is 0.761. The minimum absolute atomic E-state index is 0.0405. The van der Waals surface area contributed by atoms with E-state index in [0.29, 0.717) is 18.6 Å². The van der Waals surface area contributed by atoms with E-state index in [1.807, 2.05) is 13.8 Å². The molecule has 1 heterocycles. The van der Waals surface area contributed by atoms with E-state index < -0.39 is 6.10 Å². The van der Waals surface area contributed by atoms with Crippen LogP contribution >= 0.6 is 11.6 Å². The Morgan fingerprint density at radius 3 is 2.88 bits per heavy atom. The molecule has 0 bridgehead atoms. The minimum atomic E-state index is -0.472. The van der Waals surface area contributed by atoms with E-state index >= 15 is 0 Å². The zero-order valence-electron chi connectivity index (χ0n) is 10.0. The summed E-state index contributed by atoms with van der Waals surface area (Å²) in [5.41, 5.74) is 0.814. The van der Waals surface area contributed by atoms with Crippen LogP contribution in [0.2, 0.25) is 0 Å². The third-order valence-electron chi connectivity index (χ3n) is 2.46. The molecule has 1 aliphatic rings. The molecule has 1 aromatic rings. The molecule has 1 unspecified atom stereocenters. The van der Waals surface area contributed by atoms with Crippen molar-refractivity contribution in [3.63, 3.8) is 0 Å². The molecule has 2 rings (SSSR count). The Labute approximate surface area is 106 Å². The number of benzene rings is 1. The first-order chi connectivity index (χ1) is 8.20. The number of carbonyl (C=O) groups excluding carboxylic acids is 1. The van der Waals surface area contributed by atoms with Gasteiger partial charge < -0.3 is 4.74 Å². The van der Waals surface area contributed by atoms with Crippen molar-refractivity contribution in [2.75, 3.05) is 5.88 Å². The zero-order valence-corrected chi connectivity index (χ0v) is 10.8. The van der Waals surface area contributed by atoms with Crippen molar-refractivity contribution in [1.82, 2.24) is 0 Å². The van der Waals surface area contributed by atoms with Crippen LogP contribution < -0.4 is 4.74 Å². The first kappa shape index (κ1) is 14.0. The molecule has 0 radical (unpaired) electrons. The lowest BCUT2D eigenvalue weighted by Crippen LogP contribution is -2.32. The number of Topliss-reactive ketones (excluding diaryl/α,β-unsaturated/α-hetero) is 1. The lowest BCUT2D eigenvalue weighted by atomic mass is 10.0. The average Bonchev–Trinajstić information content (AvgIpc) is 2.39. The van der Waals surface area contributed by atoms with Gasteiger partial charge in [-0.05, 0) is 36.6 Å². The molecular weight excluding hydrogens is 243 g/mol. The zero-order chi connectivity index (χ0) is 12.8. The third kappa shape index (κ3) is 3.43. The fraction of sp³-hybridized carbons (Fsp3) is 0.462. The third-order valence-corrected chi connectivity index (χ3v) is 2.72. The van der Waals surface area contributed by atoms with Gasteiger partial charge in [-0.2, -0.15) is 0 Å². The highest BCUT2D eigenvalue weighted by Gasteiger charge is 2.25. The maximum atomic E-state index is 12.9. The van der Waals surface area contributed by atoms with Crippen LogP contribution in [0.15, 0.2) is 18.2 Å². The lowest BCUT2D eigenvalue weighted by molar-refractivity contribution is -0.123. The van der Waals surface area contributed by atoms with Crippen LogP contribution in [0.4, 0.5) is 4.39 Å². The average molecular weight is 259 g/mol. The topological polar surface area (TPSA) is 26.3 Å². The van der Waals surface area contributed by atoms with E-state index in [0.717, 1.165) is 5.56 Å². The van der Waals surface area contributed by atoms with E-state index in [9.17, 15) is 9.18 Å². The number of fused-ring (bicyclic) bond motifs is 1. The van der Waals surface area contributed by atoms with Gasteiger partial charge in [-0.25, -0.2) is 4.39 Å². The fourth-order valence-electron chi connectivity index (χ4n) is 1.67. The molecule has 0 amide bonds. The molecule has 1 aliphatic heterocycles. The molecule has 0 aromatic heterocycles. The molecular formula is C13H16ClFO2. The van der Waals surface area contributed by atoms with Crippen molar-refractivity contribution >= 4 is 17.4 Å². The van der Waals surface area contributed by atoms with Gasteiger partial charge in [-0.15, -0.1) is 11.6 Å². The molecule has 1 aromatic carbocycles. The molecule has 0 N–H and O–H groups in total. The van der Waals surface area contributed by atoms with Crippen molar-refractivity contribution in [2.24, 2.45) is 0 Å². The highest BCUT2D eigenvalue weighted by Crippen LogP contribution is 2.28. The molecule has 4 heteroatoms. The van der Waals surface area contributed by atoms with Gasteiger partial charge in [0.2, 0.25) is 0 Å². The number of alkyl halides is 1. The lowest BCUT2D eigenvalue weighted by Gasteiger charge is -2.24. The number of hydrogen-bond acceptors (Lipinski definition) is 2. The van der Waals surface area contributed by atoms with Gasteiger partial charge in [-0.1, -0.05) is 13.8 Å². The van der Waals surface area contributed by atoms with E-state index in [-0.39, 0.29) is 17.5 Å². The highest BCUT2D eigenvalue weighted by atomic mass is 35.5. The predicted octanol–water partition coefficient (Wildman–Crippen LogP) is 3.35. The van der Waals surface area contributed by atoms with Gasteiger partial charge in [-0.3, -0.25) is 4.79 Å². The van der Waals surface area contributed by atoms with Crippen molar-refractivity contribution < 1.29 is 13.9 Å². The SMILES string of the molecule is CC.O=C(CCl)C1CCc2cc(F)ccc2O1. The number of hydrogen-bond donors (Lipinski definition) is 0. The molecule has 0 spiro atoms. The Kier molecular flexibility index (Phi) is 5.42. The van der Waals surface area contributed by atoms with Crippen LogP contribution in [-0.4, -0.2) is 17.8 Å². The standard InChI is InChI=1S/C11H10ClFO2.C2H6/c12-6-9(14)11-3-1-7-5-8(13)2-4-10(7)15-11;1-2/h2,4-5,11H,1,3,6H2;1-2H3. The van der Waals surface area contributed by atoms with Crippen LogP contribution in [0, 0.1) is 5.82 Å². The van der Waals surface area contributed by atoms with Crippen LogP contribution in [-0.2, 0) is 11.2 Å². The summed E-state index contributed by atoms with van der Waals surface area (Å²) in [6.07, 6.45) is 0.753. The molecule has 94 valence electrons. The van der Waals surface area contributed by atoms with Gasteiger partial charge >= 0.3 is 0 Å². The summed E-state index contributed by atoms with van der Waals surface area (Å²) in [5, 5.41) is 0. The van der Waals surface area contributed by atoms with Crippen molar-refractivity contribution in [3.8, 4) is 5.75 Å². The predicted molar refractivity (Wildman–Crippen MR) is 66.2 cm³/mol. The summed E-state index contributed by atoms with van der Waals surface area (Å²) < 4.78 is 18.3. The number of halogens is 2. The Morgan fingerprint density at radius 1 is 1.53 bits per heavy atom. The van der Waals surface area contributed by atoms with E-state index in [2.05, 4.69) is 0 Å². The maximum absolute atomic E-state index is 12.9. The fourth-order valence-corrected chi connectivity index (χ4v) is 1.84. The summed E-state index contributed by atoms with van der Waals surface area (Å²) >= 11 is 5.45. The second-order valence-corrected chi connectivity index (χ2v) is 3.76.